The lowest BCUT2D eigenvalue weighted by molar-refractivity contribution is 0.0287. The van der Waals surface area contributed by atoms with Crippen molar-refractivity contribution < 1.29 is 17.9 Å². The van der Waals surface area contributed by atoms with E-state index in [-0.39, 0.29) is 16.7 Å². The number of carbonyl (C=O) groups is 1. The lowest BCUT2D eigenvalue weighted by atomic mass is 10.1. The first-order chi connectivity index (χ1) is 9.65. The van der Waals surface area contributed by atoms with Crippen molar-refractivity contribution in [3.05, 3.63) is 18.0 Å². The zero-order chi connectivity index (χ0) is 16.2. The van der Waals surface area contributed by atoms with Crippen molar-refractivity contribution in [2.45, 2.75) is 58.1 Å². The largest absolute Gasteiger partial charge is 0.458 e. The van der Waals surface area contributed by atoms with Gasteiger partial charge in [-0.3, -0.25) is 0 Å². The summed E-state index contributed by atoms with van der Waals surface area (Å²) in [5.41, 5.74) is 0.215. The summed E-state index contributed by atoms with van der Waals surface area (Å²) in [5, 5.41) is 0. The van der Waals surface area contributed by atoms with Crippen molar-refractivity contribution in [3.8, 4) is 0 Å². The highest BCUT2D eigenvalue weighted by atomic mass is 35.7. The molecule has 0 saturated carbocycles. The van der Waals surface area contributed by atoms with Gasteiger partial charge >= 0.3 is 5.97 Å². The first-order valence-electron chi connectivity index (χ1n) is 7.01. The molecule has 1 aromatic rings. The Morgan fingerprint density at radius 3 is 2.48 bits per heavy atom. The van der Waals surface area contributed by atoms with Crippen LogP contribution in [0.4, 0.5) is 0 Å². The van der Waals surface area contributed by atoms with Crippen LogP contribution in [0.25, 0.3) is 0 Å². The zero-order valence-corrected chi connectivity index (χ0v) is 14.4. The molecular formula is C14H22ClNO4S. The first-order valence-corrected chi connectivity index (χ1v) is 9.31. The molecule has 0 aliphatic carbocycles. The van der Waals surface area contributed by atoms with Crippen LogP contribution >= 0.6 is 10.7 Å². The van der Waals surface area contributed by atoms with Crippen LogP contribution in [0.2, 0.25) is 0 Å². The number of hydrogen-bond donors (Lipinski definition) is 0. The van der Waals surface area contributed by atoms with Gasteiger partial charge in [-0.15, -0.1) is 0 Å². The zero-order valence-electron chi connectivity index (χ0n) is 12.8. The van der Waals surface area contributed by atoms with E-state index in [2.05, 4.69) is 0 Å². The average molecular weight is 336 g/mol. The molecule has 1 unspecified atom stereocenters. The molecule has 0 fully saturated rings. The predicted octanol–water partition coefficient (Wildman–Crippen LogP) is 3.42. The normalized spacial score (nSPS) is 13.4. The Morgan fingerprint density at radius 1 is 1.38 bits per heavy atom. The molecule has 0 saturated heterocycles. The van der Waals surface area contributed by atoms with E-state index in [9.17, 15) is 13.2 Å². The number of rotatable bonds is 7. The van der Waals surface area contributed by atoms with Crippen LogP contribution in [-0.2, 0) is 20.3 Å². The maximum atomic E-state index is 12.2. The molecule has 120 valence electrons. The first kappa shape index (κ1) is 18.0. The van der Waals surface area contributed by atoms with E-state index in [4.69, 9.17) is 15.4 Å². The van der Waals surface area contributed by atoms with Gasteiger partial charge in [0, 0.05) is 23.4 Å². The summed E-state index contributed by atoms with van der Waals surface area (Å²) in [5.74, 6) is -0.114. The lowest BCUT2D eigenvalue weighted by Gasteiger charge is -2.16. The van der Waals surface area contributed by atoms with Gasteiger partial charge in [-0.1, -0.05) is 20.8 Å². The Balaban J connectivity index is 2.99. The summed E-state index contributed by atoms with van der Waals surface area (Å²) in [4.78, 5) is 12.1. The quantitative estimate of drug-likeness (QED) is 0.565. The molecule has 0 aliphatic rings. The number of nitrogens with zero attached hydrogens (tertiary/aromatic N) is 1. The Labute approximate surface area is 130 Å². The third-order valence-corrected chi connectivity index (χ3v) is 4.26. The summed E-state index contributed by atoms with van der Waals surface area (Å²) < 4.78 is 29.7. The number of ether oxygens (including phenoxy) is 1. The van der Waals surface area contributed by atoms with Crippen LogP contribution in [0.5, 0.6) is 0 Å². The lowest BCUT2D eigenvalue weighted by Crippen LogP contribution is -2.19. The van der Waals surface area contributed by atoms with Crippen LogP contribution in [-0.4, -0.2) is 25.1 Å². The van der Waals surface area contributed by atoms with Crippen molar-refractivity contribution >= 4 is 25.7 Å². The summed E-state index contributed by atoms with van der Waals surface area (Å²) in [6, 6.07) is 1.27. The maximum absolute atomic E-state index is 12.2. The monoisotopic (exact) mass is 335 g/mol. The van der Waals surface area contributed by atoms with E-state index in [0.717, 1.165) is 12.8 Å². The summed E-state index contributed by atoms with van der Waals surface area (Å²) >= 11 is 0. The Kier molecular flexibility index (Phi) is 6.28. The summed E-state index contributed by atoms with van der Waals surface area (Å²) in [6.45, 7) is 8.37. The fourth-order valence-electron chi connectivity index (χ4n) is 2.17. The molecule has 0 radical (unpaired) electrons. The number of carbonyl (C=O) groups excluding carboxylic acids is 1. The van der Waals surface area contributed by atoms with Crippen LogP contribution < -0.4 is 0 Å². The SMILES string of the molecule is CCCn1cc(S(=O)(=O)Cl)cc1C(=O)OC(C)CC(C)C. The fraction of sp³-hybridized carbons (Fsp3) is 0.643. The molecule has 5 nitrogen and oxygen atoms in total. The van der Waals surface area contributed by atoms with Gasteiger partial charge in [-0.2, -0.15) is 0 Å². The molecule has 0 N–H and O–H groups in total. The Morgan fingerprint density at radius 2 is 2.00 bits per heavy atom. The number of esters is 1. The summed E-state index contributed by atoms with van der Waals surface area (Å²) in [7, 11) is 1.47. The van der Waals surface area contributed by atoms with Gasteiger partial charge in [-0.25, -0.2) is 13.2 Å². The molecule has 1 aromatic heterocycles. The van der Waals surface area contributed by atoms with E-state index in [1.807, 2.05) is 27.7 Å². The molecule has 1 rings (SSSR count). The maximum Gasteiger partial charge on any atom is 0.355 e. The molecule has 1 atom stereocenters. The smallest absolute Gasteiger partial charge is 0.355 e. The van der Waals surface area contributed by atoms with Crippen LogP contribution in [0.15, 0.2) is 17.2 Å². The molecule has 7 heteroatoms. The molecule has 0 amide bonds. The third-order valence-electron chi connectivity index (χ3n) is 2.94. The van der Waals surface area contributed by atoms with Crippen molar-refractivity contribution in [2.75, 3.05) is 0 Å². The van der Waals surface area contributed by atoms with Gasteiger partial charge in [0.2, 0.25) is 0 Å². The van der Waals surface area contributed by atoms with Gasteiger partial charge in [0.1, 0.15) is 10.6 Å². The van der Waals surface area contributed by atoms with E-state index >= 15 is 0 Å². The fourth-order valence-corrected chi connectivity index (χ4v) is 2.93. The molecule has 0 aromatic carbocycles. The van der Waals surface area contributed by atoms with Crippen LogP contribution in [0, 0.1) is 5.92 Å². The molecule has 21 heavy (non-hydrogen) atoms. The average Bonchev–Trinajstić information content (AvgIpc) is 2.71. The van der Waals surface area contributed by atoms with Gasteiger partial charge in [0.25, 0.3) is 9.05 Å². The minimum Gasteiger partial charge on any atom is -0.458 e. The predicted molar refractivity (Wildman–Crippen MR) is 82.1 cm³/mol. The minimum atomic E-state index is -3.86. The molecule has 0 aliphatic heterocycles. The highest BCUT2D eigenvalue weighted by Gasteiger charge is 2.22. The molecule has 0 spiro atoms. The van der Waals surface area contributed by atoms with Crippen molar-refractivity contribution in [1.82, 2.24) is 4.57 Å². The number of aromatic nitrogens is 1. The third kappa shape index (κ3) is 5.36. The van der Waals surface area contributed by atoms with E-state index < -0.39 is 15.0 Å². The number of halogens is 1. The van der Waals surface area contributed by atoms with Gasteiger partial charge < -0.3 is 9.30 Å². The molecular weight excluding hydrogens is 314 g/mol. The Bertz CT molecular complexity index is 592. The van der Waals surface area contributed by atoms with Gasteiger partial charge in [0.15, 0.2) is 0 Å². The topological polar surface area (TPSA) is 65.4 Å². The second kappa shape index (κ2) is 7.31. The molecule has 1 heterocycles. The molecule has 0 bridgehead atoms. The van der Waals surface area contributed by atoms with Gasteiger partial charge in [-0.05, 0) is 31.7 Å². The highest BCUT2D eigenvalue weighted by Crippen LogP contribution is 2.20. The standard InChI is InChI=1S/C14H22ClNO4S/c1-5-6-16-9-12(21(15,18)19)8-13(16)14(17)20-11(4)7-10(2)3/h8-11H,5-7H2,1-4H3. The number of aryl methyl sites for hydroxylation is 1. The van der Waals surface area contributed by atoms with Crippen LogP contribution in [0.1, 0.15) is 51.0 Å². The number of hydrogen-bond acceptors (Lipinski definition) is 4. The Hall–Kier alpha value is -1.01. The van der Waals surface area contributed by atoms with Crippen molar-refractivity contribution in [3.63, 3.8) is 0 Å². The highest BCUT2D eigenvalue weighted by molar-refractivity contribution is 8.13. The minimum absolute atomic E-state index is 0.0823. The van der Waals surface area contributed by atoms with Crippen LogP contribution in [0.3, 0.4) is 0 Å². The van der Waals surface area contributed by atoms with Crippen molar-refractivity contribution in [2.24, 2.45) is 5.92 Å². The van der Waals surface area contributed by atoms with Crippen molar-refractivity contribution in [1.29, 1.82) is 0 Å². The van der Waals surface area contributed by atoms with Gasteiger partial charge in [0.05, 0.1) is 6.10 Å². The second-order valence-corrected chi connectivity index (χ2v) is 8.10. The van der Waals surface area contributed by atoms with E-state index in [1.54, 1.807) is 4.57 Å². The summed E-state index contributed by atoms with van der Waals surface area (Å²) in [6.07, 6.45) is 2.66. The van der Waals surface area contributed by atoms with E-state index in [1.165, 1.54) is 12.3 Å². The van der Waals surface area contributed by atoms with E-state index in [0.29, 0.717) is 12.5 Å². The second-order valence-electron chi connectivity index (χ2n) is 5.54.